The molecule has 0 N–H and O–H groups in total. The third-order valence-electron chi connectivity index (χ3n) is 2.97. The minimum Gasteiger partial charge on any atom is -0.444 e. The Morgan fingerprint density at radius 1 is 1.29 bits per heavy atom. The van der Waals surface area contributed by atoms with Gasteiger partial charge in [-0.15, -0.1) is 0 Å². The summed E-state index contributed by atoms with van der Waals surface area (Å²) in [5.74, 6) is 0.563. The molecule has 1 aromatic rings. The smallest absolute Gasteiger partial charge is 0.410 e. The van der Waals surface area contributed by atoms with Crippen LogP contribution in [-0.2, 0) is 14.6 Å². The highest BCUT2D eigenvalue weighted by Gasteiger charge is 2.36. The van der Waals surface area contributed by atoms with Crippen molar-refractivity contribution in [3.05, 3.63) is 18.2 Å². The average Bonchev–Trinajstić information content (AvgIpc) is 2.23. The summed E-state index contributed by atoms with van der Waals surface area (Å²) in [6.07, 6.45) is 3.35. The van der Waals surface area contributed by atoms with E-state index in [0.29, 0.717) is 18.9 Å². The van der Waals surface area contributed by atoms with Gasteiger partial charge in [0.15, 0.2) is 9.84 Å². The lowest BCUT2D eigenvalue weighted by Crippen LogP contribution is -2.50. The Kier molecular flexibility index (Phi) is 3.92. The first-order valence-electron chi connectivity index (χ1n) is 6.56. The Hall–Kier alpha value is -1.70. The van der Waals surface area contributed by atoms with Crippen LogP contribution in [0.5, 0.6) is 0 Å². The maximum absolute atomic E-state index is 11.8. The Labute approximate surface area is 124 Å². The molecule has 8 heteroatoms. The van der Waals surface area contributed by atoms with Crippen LogP contribution in [0.4, 0.5) is 4.79 Å². The highest BCUT2D eigenvalue weighted by atomic mass is 32.2. The maximum atomic E-state index is 11.8. The van der Waals surface area contributed by atoms with Gasteiger partial charge in [0.25, 0.3) is 0 Å². The molecule has 2 rings (SSSR count). The van der Waals surface area contributed by atoms with E-state index in [2.05, 4.69) is 9.97 Å². The van der Waals surface area contributed by atoms with Crippen molar-refractivity contribution >= 4 is 15.9 Å². The van der Waals surface area contributed by atoms with Crippen molar-refractivity contribution in [1.82, 2.24) is 14.9 Å². The minimum atomic E-state index is -3.29. The van der Waals surface area contributed by atoms with Crippen molar-refractivity contribution in [1.29, 1.82) is 0 Å². The zero-order valence-electron chi connectivity index (χ0n) is 12.5. The number of ether oxygens (including phenoxy) is 1. The van der Waals surface area contributed by atoms with Gasteiger partial charge in [-0.1, -0.05) is 0 Å². The lowest BCUT2D eigenvalue weighted by Gasteiger charge is -2.38. The van der Waals surface area contributed by atoms with Crippen molar-refractivity contribution < 1.29 is 17.9 Å². The van der Waals surface area contributed by atoms with Gasteiger partial charge in [-0.25, -0.2) is 23.2 Å². The van der Waals surface area contributed by atoms with E-state index in [0.717, 1.165) is 6.26 Å². The van der Waals surface area contributed by atoms with E-state index in [9.17, 15) is 13.2 Å². The minimum absolute atomic E-state index is 0.0196. The fourth-order valence-corrected chi connectivity index (χ4v) is 2.33. The van der Waals surface area contributed by atoms with Crippen LogP contribution >= 0.6 is 0 Å². The number of hydrogen-bond acceptors (Lipinski definition) is 6. The van der Waals surface area contributed by atoms with Crippen LogP contribution < -0.4 is 0 Å². The summed E-state index contributed by atoms with van der Waals surface area (Å²) in [6.45, 7) is 6.40. The zero-order chi connectivity index (χ0) is 15.8. The standard InChI is InChI=1S/C13H19N3O4S/c1-13(2,3)20-12(17)16-7-9(8-16)11-14-5-10(6-15-11)21(4,18)19/h5-6,9H,7-8H2,1-4H3. The Bertz CT molecular complexity index is 628. The van der Waals surface area contributed by atoms with E-state index in [1.165, 1.54) is 12.4 Å². The van der Waals surface area contributed by atoms with Gasteiger partial charge in [0.05, 0.1) is 5.92 Å². The molecule has 0 saturated carbocycles. The van der Waals surface area contributed by atoms with Crippen LogP contribution in [0.2, 0.25) is 0 Å². The predicted molar refractivity (Wildman–Crippen MR) is 75.7 cm³/mol. The molecule has 0 radical (unpaired) electrons. The molecule has 0 atom stereocenters. The molecule has 1 aliphatic heterocycles. The van der Waals surface area contributed by atoms with Gasteiger partial charge in [0.2, 0.25) is 0 Å². The first-order valence-corrected chi connectivity index (χ1v) is 8.45. The van der Waals surface area contributed by atoms with Crippen LogP contribution in [0.1, 0.15) is 32.5 Å². The molecule has 0 bridgehead atoms. The van der Waals surface area contributed by atoms with Crippen LogP contribution in [0.25, 0.3) is 0 Å². The molecule has 1 saturated heterocycles. The van der Waals surface area contributed by atoms with Gasteiger partial charge in [0.1, 0.15) is 16.3 Å². The molecular formula is C13H19N3O4S. The van der Waals surface area contributed by atoms with E-state index in [-0.39, 0.29) is 16.9 Å². The van der Waals surface area contributed by atoms with Crippen LogP contribution in [0.3, 0.4) is 0 Å². The van der Waals surface area contributed by atoms with Gasteiger partial charge >= 0.3 is 6.09 Å². The Morgan fingerprint density at radius 3 is 2.24 bits per heavy atom. The first-order chi connectivity index (χ1) is 9.56. The molecule has 0 unspecified atom stereocenters. The van der Waals surface area contributed by atoms with E-state index in [4.69, 9.17) is 4.74 Å². The average molecular weight is 313 g/mol. The molecule has 7 nitrogen and oxygen atoms in total. The number of hydrogen-bond donors (Lipinski definition) is 0. The van der Waals surface area contributed by atoms with Gasteiger partial charge in [0, 0.05) is 31.7 Å². The molecule has 1 amide bonds. The summed E-state index contributed by atoms with van der Waals surface area (Å²) >= 11 is 0. The van der Waals surface area contributed by atoms with Crippen molar-refractivity contribution in [2.45, 2.75) is 37.2 Å². The molecule has 0 aliphatic carbocycles. The third-order valence-corrected chi connectivity index (χ3v) is 4.04. The third kappa shape index (κ3) is 3.90. The first kappa shape index (κ1) is 15.7. The molecule has 2 heterocycles. The van der Waals surface area contributed by atoms with Crippen molar-refractivity contribution in [3.63, 3.8) is 0 Å². The lowest BCUT2D eigenvalue weighted by atomic mass is 10.00. The molecule has 0 aromatic carbocycles. The number of aromatic nitrogens is 2. The lowest BCUT2D eigenvalue weighted by molar-refractivity contribution is 0.00751. The SMILES string of the molecule is CC(C)(C)OC(=O)N1CC(c2ncc(S(C)(=O)=O)cn2)C1. The van der Waals surface area contributed by atoms with Crippen molar-refractivity contribution in [2.75, 3.05) is 19.3 Å². The van der Waals surface area contributed by atoms with E-state index in [1.54, 1.807) is 4.90 Å². The quantitative estimate of drug-likeness (QED) is 0.815. The second-order valence-corrected chi connectivity index (χ2v) is 8.15. The summed E-state index contributed by atoms with van der Waals surface area (Å²) in [5.41, 5.74) is -0.518. The molecule has 116 valence electrons. The maximum Gasteiger partial charge on any atom is 0.410 e. The number of nitrogens with zero attached hydrogens (tertiary/aromatic N) is 3. The summed E-state index contributed by atoms with van der Waals surface area (Å²) in [7, 11) is -3.29. The molecule has 1 fully saturated rings. The van der Waals surface area contributed by atoms with Crippen molar-refractivity contribution in [2.24, 2.45) is 0 Å². The summed E-state index contributed by atoms with van der Waals surface area (Å²) in [4.78, 5) is 21.6. The fraction of sp³-hybridized carbons (Fsp3) is 0.615. The monoisotopic (exact) mass is 313 g/mol. The van der Waals surface area contributed by atoms with Gasteiger partial charge in [-0.3, -0.25) is 0 Å². The number of carbonyl (C=O) groups is 1. The molecule has 21 heavy (non-hydrogen) atoms. The van der Waals surface area contributed by atoms with Gasteiger partial charge in [-0.05, 0) is 20.8 Å². The second-order valence-electron chi connectivity index (χ2n) is 6.13. The van der Waals surface area contributed by atoms with Gasteiger partial charge < -0.3 is 9.64 Å². The number of rotatable bonds is 2. The molecule has 1 aliphatic rings. The number of amides is 1. The predicted octanol–water partition coefficient (Wildman–Crippen LogP) is 1.21. The fourth-order valence-electron chi connectivity index (χ4n) is 1.85. The Balaban J connectivity index is 1.94. The highest BCUT2D eigenvalue weighted by molar-refractivity contribution is 7.90. The molecule has 1 aromatic heterocycles. The van der Waals surface area contributed by atoms with Crippen molar-refractivity contribution in [3.8, 4) is 0 Å². The summed E-state index contributed by atoms with van der Waals surface area (Å²) in [5, 5.41) is 0. The molecular weight excluding hydrogens is 294 g/mol. The normalized spacial score (nSPS) is 16.5. The largest absolute Gasteiger partial charge is 0.444 e. The highest BCUT2D eigenvalue weighted by Crippen LogP contribution is 2.26. The van der Waals surface area contributed by atoms with E-state index >= 15 is 0 Å². The van der Waals surface area contributed by atoms with Gasteiger partial charge in [-0.2, -0.15) is 0 Å². The number of likely N-dealkylation sites (tertiary alicyclic amines) is 1. The summed E-state index contributed by atoms with van der Waals surface area (Å²) < 4.78 is 27.9. The summed E-state index contributed by atoms with van der Waals surface area (Å²) in [6, 6.07) is 0. The number of sulfone groups is 1. The van der Waals surface area contributed by atoms with E-state index in [1.807, 2.05) is 20.8 Å². The number of carbonyl (C=O) groups excluding carboxylic acids is 1. The topological polar surface area (TPSA) is 89.5 Å². The molecule has 0 spiro atoms. The van der Waals surface area contributed by atoms with Crippen LogP contribution in [0, 0.1) is 0 Å². The van der Waals surface area contributed by atoms with Crippen LogP contribution in [-0.4, -0.2) is 54.3 Å². The Morgan fingerprint density at radius 2 is 1.81 bits per heavy atom. The van der Waals surface area contributed by atoms with Crippen LogP contribution in [0.15, 0.2) is 17.3 Å². The van der Waals surface area contributed by atoms with E-state index < -0.39 is 15.4 Å². The second kappa shape index (κ2) is 5.25. The zero-order valence-corrected chi connectivity index (χ0v) is 13.3.